The summed E-state index contributed by atoms with van der Waals surface area (Å²) in [6, 6.07) is 11.6. The van der Waals surface area contributed by atoms with Crippen LogP contribution in [0.2, 0.25) is 5.02 Å². The summed E-state index contributed by atoms with van der Waals surface area (Å²) in [7, 11) is 0. The summed E-state index contributed by atoms with van der Waals surface area (Å²) in [5, 5.41) is 6.68. The fraction of sp³-hybridized carbons (Fsp3) is 0.235. The number of benzene rings is 2. The molecule has 0 saturated heterocycles. The number of hydrogen-bond donors (Lipinski definition) is 2. The predicted octanol–water partition coefficient (Wildman–Crippen LogP) is 4.32. The molecule has 0 atom stereocenters. The van der Waals surface area contributed by atoms with Crippen LogP contribution in [0.1, 0.15) is 16.7 Å². The second kappa shape index (κ2) is 6.64. The molecule has 110 valence electrons. The van der Waals surface area contributed by atoms with Gasteiger partial charge in [-0.1, -0.05) is 29.8 Å². The number of rotatable bonds is 4. The Balaban J connectivity index is 1.99. The van der Waals surface area contributed by atoms with Crippen molar-refractivity contribution < 1.29 is 4.79 Å². The van der Waals surface area contributed by atoms with E-state index in [0.717, 1.165) is 28.1 Å². The predicted molar refractivity (Wildman–Crippen MR) is 89.2 cm³/mol. The first-order valence-corrected chi connectivity index (χ1v) is 7.21. The van der Waals surface area contributed by atoms with Crippen LogP contribution in [0.5, 0.6) is 0 Å². The molecular formula is C17H19ClN2O. The molecular weight excluding hydrogens is 284 g/mol. The molecule has 0 aliphatic rings. The largest absolute Gasteiger partial charge is 0.376 e. The van der Waals surface area contributed by atoms with Gasteiger partial charge < -0.3 is 10.6 Å². The van der Waals surface area contributed by atoms with Crippen LogP contribution >= 0.6 is 11.6 Å². The van der Waals surface area contributed by atoms with Gasteiger partial charge in [0.1, 0.15) is 0 Å². The Kier molecular flexibility index (Phi) is 4.86. The van der Waals surface area contributed by atoms with E-state index in [1.165, 1.54) is 0 Å². The highest BCUT2D eigenvalue weighted by molar-refractivity contribution is 6.31. The van der Waals surface area contributed by atoms with E-state index in [0.29, 0.717) is 5.02 Å². The maximum Gasteiger partial charge on any atom is 0.243 e. The van der Waals surface area contributed by atoms with Crippen LogP contribution in [0, 0.1) is 20.8 Å². The molecule has 0 heterocycles. The smallest absolute Gasteiger partial charge is 0.243 e. The molecule has 0 saturated carbocycles. The fourth-order valence-corrected chi connectivity index (χ4v) is 2.21. The second-order valence-corrected chi connectivity index (χ2v) is 5.54. The normalized spacial score (nSPS) is 10.3. The molecule has 0 unspecified atom stereocenters. The standard InChI is InChI=1S/C17H19ClN2O/c1-11-7-8-12(2)16(9-11)19-10-17(21)20-15-6-4-5-14(18)13(15)3/h4-9,19H,10H2,1-3H3,(H,20,21). The Bertz CT molecular complexity index is 668. The molecule has 2 aromatic rings. The summed E-state index contributed by atoms with van der Waals surface area (Å²) in [6.07, 6.45) is 0. The van der Waals surface area contributed by atoms with Crippen molar-refractivity contribution in [3.8, 4) is 0 Å². The molecule has 21 heavy (non-hydrogen) atoms. The van der Waals surface area contributed by atoms with Crippen molar-refractivity contribution in [2.75, 3.05) is 17.2 Å². The SMILES string of the molecule is Cc1ccc(C)c(NCC(=O)Nc2cccc(Cl)c2C)c1. The third-order valence-corrected chi connectivity index (χ3v) is 3.78. The molecule has 0 aliphatic heterocycles. The maximum atomic E-state index is 12.0. The molecule has 0 bridgehead atoms. The van der Waals surface area contributed by atoms with Crippen LogP contribution in [0.3, 0.4) is 0 Å². The molecule has 2 N–H and O–H groups in total. The summed E-state index contributed by atoms with van der Waals surface area (Å²) < 4.78 is 0. The summed E-state index contributed by atoms with van der Waals surface area (Å²) in [5.41, 5.74) is 4.88. The van der Waals surface area contributed by atoms with Crippen molar-refractivity contribution in [3.63, 3.8) is 0 Å². The average molecular weight is 303 g/mol. The Morgan fingerprint density at radius 1 is 1.10 bits per heavy atom. The molecule has 3 nitrogen and oxygen atoms in total. The zero-order valence-electron chi connectivity index (χ0n) is 12.5. The number of amides is 1. The Morgan fingerprint density at radius 2 is 1.86 bits per heavy atom. The van der Waals surface area contributed by atoms with E-state index < -0.39 is 0 Å². The fourth-order valence-electron chi connectivity index (χ4n) is 2.04. The quantitative estimate of drug-likeness (QED) is 0.883. The minimum Gasteiger partial charge on any atom is -0.376 e. The molecule has 1 amide bonds. The van der Waals surface area contributed by atoms with E-state index in [9.17, 15) is 4.79 Å². The van der Waals surface area contributed by atoms with Crippen molar-refractivity contribution in [1.82, 2.24) is 0 Å². The minimum absolute atomic E-state index is 0.0960. The molecule has 0 spiro atoms. The van der Waals surface area contributed by atoms with Gasteiger partial charge in [-0.2, -0.15) is 0 Å². The first kappa shape index (κ1) is 15.4. The van der Waals surface area contributed by atoms with Crippen molar-refractivity contribution in [1.29, 1.82) is 0 Å². The third-order valence-electron chi connectivity index (χ3n) is 3.37. The monoisotopic (exact) mass is 302 g/mol. The van der Waals surface area contributed by atoms with E-state index >= 15 is 0 Å². The number of nitrogens with one attached hydrogen (secondary N) is 2. The minimum atomic E-state index is -0.0960. The molecule has 2 aromatic carbocycles. The lowest BCUT2D eigenvalue weighted by Gasteiger charge is -2.12. The number of aryl methyl sites for hydroxylation is 2. The van der Waals surface area contributed by atoms with Gasteiger partial charge in [0.15, 0.2) is 0 Å². The Morgan fingerprint density at radius 3 is 2.62 bits per heavy atom. The topological polar surface area (TPSA) is 41.1 Å². The average Bonchev–Trinajstić information content (AvgIpc) is 2.45. The summed E-state index contributed by atoms with van der Waals surface area (Å²) in [4.78, 5) is 12.0. The van der Waals surface area contributed by atoms with Gasteiger partial charge in [0, 0.05) is 16.4 Å². The number of carbonyl (C=O) groups is 1. The van der Waals surface area contributed by atoms with Crippen LogP contribution in [0.25, 0.3) is 0 Å². The van der Waals surface area contributed by atoms with E-state index in [2.05, 4.69) is 16.7 Å². The van der Waals surface area contributed by atoms with Crippen molar-refractivity contribution in [3.05, 3.63) is 58.1 Å². The van der Waals surface area contributed by atoms with Crippen LogP contribution in [0.15, 0.2) is 36.4 Å². The van der Waals surface area contributed by atoms with E-state index in [1.807, 2.05) is 45.0 Å². The van der Waals surface area contributed by atoms with Gasteiger partial charge in [-0.25, -0.2) is 0 Å². The third kappa shape index (κ3) is 3.99. The van der Waals surface area contributed by atoms with Gasteiger partial charge >= 0.3 is 0 Å². The second-order valence-electron chi connectivity index (χ2n) is 5.13. The van der Waals surface area contributed by atoms with Gasteiger partial charge in [-0.15, -0.1) is 0 Å². The number of anilines is 2. The van der Waals surface area contributed by atoms with Crippen LogP contribution in [-0.4, -0.2) is 12.5 Å². The first-order chi connectivity index (χ1) is 9.97. The van der Waals surface area contributed by atoms with Gasteiger partial charge in [-0.3, -0.25) is 4.79 Å². The van der Waals surface area contributed by atoms with Crippen molar-refractivity contribution in [2.45, 2.75) is 20.8 Å². The maximum absolute atomic E-state index is 12.0. The lowest BCUT2D eigenvalue weighted by molar-refractivity contribution is -0.114. The highest BCUT2D eigenvalue weighted by Crippen LogP contribution is 2.23. The number of carbonyl (C=O) groups excluding carboxylic acids is 1. The lowest BCUT2D eigenvalue weighted by atomic mass is 10.1. The zero-order chi connectivity index (χ0) is 15.4. The van der Waals surface area contributed by atoms with Gasteiger partial charge in [0.2, 0.25) is 5.91 Å². The van der Waals surface area contributed by atoms with Gasteiger partial charge in [-0.05, 0) is 55.7 Å². The van der Waals surface area contributed by atoms with Crippen LogP contribution in [0.4, 0.5) is 11.4 Å². The number of hydrogen-bond acceptors (Lipinski definition) is 2. The van der Waals surface area contributed by atoms with Crippen molar-refractivity contribution in [2.24, 2.45) is 0 Å². The Hall–Kier alpha value is -2.00. The summed E-state index contributed by atoms with van der Waals surface area (Å²) in [5.74, 6) is -0.0960. The molecule has 0 fully saturated rings. The summed E-state index contributed by atoms with van der Waals surface area (Å²) in [6.45, 7) is 6.15. The molecule has 0 aromatic heterocycles. The van der Waals surface area contributed by atoms with Gasteiger partial charge in [0.05, 0.1) is 6.54 Å². The molecule has 0 aliphatic carbocycles. The number of halogens is 1. The van der Waals surface area contributed by atoms with E-state index in [1.54, 1.807) is 6.07 Å². The lowest BCUT2D eigenvalue weighted by Crippen LogP contribution is -2.22. The summed E-state index contributed by atoms with van der Waals surface area (Å²) >= 11 is 6.04. The Labute approximate surface area is 130 Å². The van der Waals surface area contributed by atoms with Crippen molar-refractivity contribution >= 4 is 28.9 Å². The van der Waals surface area contributed by atoms with Gasteiger partial charge in [0.25, 0.3) is 0 Å². The van der Waals surface area contributed by atoms with E-state index in [-0.39, 0.29) is 12.5 Å². The molecule has 2 rings (SSSR count). The van der Waals surface area contributed by atoms with Crippen LogP contribution in [-0.2, 0) is 4.79 Å². The highest BCUT2D eigenvalue weighted by atomic mass is 35.5. The highest BCUT2D eigenvalue weighted by Gasteiger charge is 2.07. The molecule has 0 radical (unpaired) electrons. The zero-order valence-corrected chi connectivity index (χ0v) is 13.2. The molecule has 4 heteroatoms. The first-order valence-electron chi connectivity index (χ1n) is 6.83. The van der Waals surface area contributed by atoms with Crippen LogP contribution < -0.4 is 10.6 Å². The van der Waals surface area contributed by atoms with E-state index in [4.69, 9.17) is 11.6 Å².